The van der Waals surface area contributed by atoms with Gasteiger partial charge in [0.15, 0.2) is 5.65 Å². The number of fused-ring (bicyclic) bond motifs is 1. The van der Waals surface area contributed by atoms with E-state index in [1.54, 1.807) is 17.1 Å². The van der Waals surface area contributed by atoms with Gasteiger partial charge in [0.25, 0.3) is 0 Å². The number of aromatic nitrogens is 5. The lowest BCUT2D eigenvalue weighted by molar-refractivity contribution is 0.768. The number of anilines is 3. The van der Waals surface area contributed by atoms with Gasteiger partial charge in [-0.15, -0.1) is 0 Å². The van der Waals surface area contributed by atoms with Crippen molar-refractivity contribution in [3.8, 4) is 17.2 Å². The Hall–Kier alpha value is -3.86. The van der Waals surface area contributed by atoms with Crippen molar-refractivity contribution in [3.05, 3.63) is 49.1 Å². The fraction of sp³-hybridized carbons (Fsp3) is 0.158. The van der Waals surface area contributed by atoms with Gasteiger partial charge >= 0.3 is 0 Å². The molecule has 0 atom stereocenters. The first-order valence-corrected chi connectivity index (χ1v) is 8.54. The van der Waals surface area contributed by atoms with Gasteiger partial charge in [-0.3, -0.25) is 4.68 Å². The van der Waals surface area contributed by atoms with Crippen LogP contribution >= 0.6 is 0 Å². The van der Waals surface area contributed by atoms with Crippen LogP contribution in [0.5, 0.6) is 0 Å². The zero-order valence-corrected chi connectivity index (χ0v) is 14.8. The van der Waals surface area contributed by atoms with Gasteiger partial charge in [-0.05, 0) is 17.7 Å². The van der Waals surface area contributed by atoms with Crippen LogP contribution in [0.25, 0.3) is 22.3 Å². The summed E-state index contributed by atoms with van der Waals surface area (Å²) >= 11 is 0. The molecule has 0 unspecified atom stereocenters. The molecular weight excluding hydrogens is 340 g/mol. The first kappa shape index (κ1) is 16.6. The number of nitriles is 1. The van der Waals surface area contributed by atoms with Crippen LogP contribution in [0.3, 0.4) is 0 Å². The summed E-state index contributed by atoms with van der Waals surface area (Å²) in [5.74, 6) is 0.652. The molecule has 0 aliphatic rings. The third-order valence-electron chi connectivity index (χ3n) is 4.10. The molecule has 0 saturated heterocycles. The van der Waals surface area contributed by atoms with Crippen LogP contribution in [-0.2, 0) is 7.05 Å². The Labute approximate surface area is 155 Å². The van der Waals surface area contributed by atoms with Crippen LogP contribution in [0, 0.1) is 11.3 Å². The number of hydrogen-bond donors (Lipinski definition) is 3. The smallest absolute Gasteiger partial charge is 0.156 e. The van der Waals surface area contributed by atoms with E-state index in [4.69, 9.17) is 10.2 Å². The summed E-state index contributed by atoms with van der Waals surface area (Å²) in [5.41, 5.74) is 5.33. The van der Waals surface area contributed by atoms with Crippen molar-refractivity contribution in [1.29, 1.82) is 5.26 Å². The molecular formula is C19H18N8. The highest BCUT2D eigenvalue weighted by Crippen LogP contribution is 2.29. The van der Waals surface area contributed by atoms with Crippen LogP contribution in [-0.4, -0.2) is 31.3 Å². The molecule has 134 valence electrons. The minimum atomic E-state index is 0.464. The maximum Gasteiger partial charge on any atom is 0.156 e. The summed E-state index contributed by atoms with van der Waals surface area (Å²) in [5, 5.41) is 19.3. The highest BCUT2D eigenvalue weighted by atomic mass is 15.3. The number of nitrogens with one attached hydrogen (secondary N) is 3. The second-order valence-electron chi connectivity index (χ2n) is 6.10. The van der Waals surface area contributed by atoms with Crippen molar-refractivity contribution in [2.24, 2.45) is 7.05 Å². The van der Waals surface area contributed by atoms with E-state index in [2.05, 4.69) is 31.8 Å². The van der Waals surface area contributed by atoms with Crippen molar-refractivity contribution in [2.75, 3.05) is 17.2 Å². The molecule has 0 saturated carbocycles. The molecule has 0 amide bonds. The largest absolute Gasteiger partial charge is 0.384 e. The van der Waals surface area contributed by atoms with E-state index < -0.39 is 0 Å². The quantitative estimate of drug-likeness (QED) is 0.456. The van der Waals surface area contributed by atoms with Crippen LogP contribution in [0.15, 0.2) is 49.1 Å². The average Bonchev–Trinajstić information content (AvgIpc) is 3.28. The van der Waals surface area contributed by atoms with Crippen molar-refractivity contribution in [3.63, 3.8) is 0 Å². The summed E-state index contributed by atoms with van der Waals surface area (Å²) in [6.45, 7) is 0.618. The molecule has 0 bridgehead atoms. The van der Waals surface area contributed by atoms with E-state index in [-0.39, 0.29) is 0 Å². The minimum Gasteiger partial charge on any atom is -0.384 e. The molecule has 0 spiro atoms. The second-order valence-corrected chi connectivity index (χ2v) is 6.10. The molecule has 8 heteroatoms. The summed E-state index contributed by atoms with van der Waals surface area (Å²) in [6, 6.07) is 10.2. The van der Waals surface area contributed by atoms with Crippen LogP contribution in [0.4, 0.5) is 17.2 Å². The van der Waals surface area contributed by atoms with Crippen LogP contribution < -0.4 is 10.6 Å². The highest BCUT2D eigenvalue weighted by molar-refractivity contribution is 5.91. The summed E-state index contributed by atoms with van der Waals surface area (Å²) < 4.78 is 1.72. The van der Waals surface area contributed by atoms with E-state index in [0.29, 0.717) is 18.8 Å². The molecule has 4 rings (SSSR count). The monoisotopic (exact) mass is 358 g/mol. The molecule has 0 aliphatic carbocycles. The number of benzene rings is 1. The van der Waals surface area contributed by atoms with E-state index >= 15 is 0 Å². The van der Waals surface area contributed by atoms with Gasteiger partial charge in [-0.25, -0.2) is 9.97 Å². The van der Waals surface area contributed by atoms with Crippen molar-refractivity contribution < 1.29 is 0 Å². The minimum absolute atomic E-state index is 0.464. The lowest BCUT2D eigenvalue weighted by Crippen LogP contribution is -2.00. The van der Waals surface area contributed by atoms with Crippen molar-refractivity contribution in [2.45, 2.75) is 6.42 Å². The predicted octanol–water partition coefficient (Wildman–Crippen LogP) is 3.43. The Bertz CT molecular complexity index is 1120. The fourth-order valence-corrected chi connectivity index (χ4v) is 2.86. The summed E-state index contributed by atoms with van der Waals surface area (Å²) in [7, 11) is 1.86. The summed E-state index contributed by atoms with van der Waals surface area (Å²) in [6.07, 6.45) is 7.68. The first-order chi connectivity index (χ1) is 13.2. The number of H-pyrrole nitrogens is 1. The van der Waals surface area contributed by atoms with Gasteiger partial charge in [-0.2, -0.15) is 10.4 Å². The Morgan fingerprint density at radius 1 is 1.26 bits per heavy atom. The zero-order valence-electron chi connectivity index (χ0n) is 14.8. The molecule has 0 aliphatic heterocycles. The number of rotatable bonds is 6. The van der Waals surface area contributed by atoms with E-state index in [1.165, 1.54) is 0 Å². The van der Waals surface area contributed by atoms with Gasteiger partial charge in [0.2, 0.25) is 0 Å². The molecule has 3 aromatic heterocycles. The maximum atomic E-state index is 8.68. The number of hydrogen-bond acceptors (Lipinski definition) is 6. The SMILES string of the molecule is Cn1cc(Nc2cnc3[nH]cc(-c4cccc(NCCC#N)c4)c3n2)cn1. The third kappa shape index (κ3) is 3.57. The van der Waals surface area contributed by atoms with Gasteiger partial charge in [0.05, 0.1) is 30.6 Å². The van der Waals surface area contributed by atoms with Gasteiger partial charge < -0.3 is 15.6 Å². The Morgan fingerprint density at radius 3 is 3.00 bits per heavy atom. The van der Waals surface area contributed by atoms with Gasteiger partial charge in [0.1, 0.15) is 11.3 Å². The van der Waals surface area contributed by atoms with Crippen molar-refractivity contribution in [1.82, 2.24) is 24.7 Å². The molecule has 0 fully saturated rings. The third-order valence-corrected chi connectivity index (χ3v) is 4.10. The Morgan fingerprint density at radius 2 is 2.19 bits per heavy atom. The summed E-state index contributed by atoms with van der Waals surface area (Å²) in [4.78, 5) is 12.3. The zero-order chi connectivity index (χ0) is 18.6. The second kappa shape index (κ2) is 7.17. The number of aryl methyl sites for hydroxylation is 1. The standard InChI is InChI=1S/C19H18N8/c1-27-12-15(9-24-27)25-17-11-23-19-18(26-17)16(10-22-19)13-4-2-5-14(8-13)21-7-3-6-20/h2,4-5,8-12,21H,3,7H2,1H3,(H,22,23)(H,25,26). The van der Waals surface area contributed by atoms with E-state index in [0.717, 1.165) is 33.7 Å². The first-order valence-electron chi connectivity index (χ1n) is 8.54. The van der Waals surface area contributed by atoms with Crippen LogP contribution in [0.2, 0.25) is 0 Å². The average molecular weight is 358 g/mol. The van der Waals surface area contributed by atoms with Gasteiger partial charge in [0, 0.05) is 37.2 Å². The Balaban J connectivity index is 1.65. The Kier molecular flexibility index (Phi) is 4.41. The molecule has 8 nitrogen and oxygen atoms in total. The normalized spacial score (nSPS) is 10.7. The number of aromatic amines is 1. The van der Waals surface area contributed by atoms with E-state index in [9.17, 15) is 0 Å². The predicted molar refractivity (Wildman–Crippen MR) is 105 cm³/mol. The van der Waals surface area contributed by atoms with E-state index in [1.807, 2.05) is 43.7 Å². The van der Waals surface area contributed by atoms with Crippen molar-refractivity contribution >= 4 is 28.4 Å². The lowest BCUT2D eigenvalue weighted by atomic mass is 10.1. The molecule has 0 radical (unpaired) electrons. The molecule has 3 heterocycles. The van der Waals surface area contributed by atoms with Crippen LogP contribution in [0.1, 0.15) is 6.42 Å². The molecule has 27 heavy (non-hydrogen) atoms. The lowest BCUT2D eigenvalue weighted by Gasteiger charge is -2.07. The number of nitrogens with zero attached hydrogens (tertiary/aromatic N) is 5. The highest BCUT2D eigenvalue weighted by Gasteiger charge is 2.11. The maximum absolute atomic E-state index is 8.68. The molecule has 1 aromatic carbocycles. The van der Waals surface area contributed by atoms with Gasteiger partial charge in [-0.1, -0.05) is 12.1 Å². The fourth-order valence-electron chi connectivity index (χ4n) is 2.86. The molecule has 3 N–H and O–H groups in total. The topological polar surface area (TPSA) is 107 Å². The molecule has 4 aromatic rings.